The number of nitrogens with zero attached hydrogens (tertiary/aromatic N) is 1. The summed E-state index contributed by atoms with van der Waals surface area (Å²) in [5, 5.41) is 9.11. The minimum atomic E-state index is -0.806. The van der Waals surface area contributed by atoms with Gasteiger partial charge in [0.15, 0.2) is 0 Å². The number of carboxylic acid groups (broad SMARTS) is 1. The molecular weight excluding hydrogens is 286 g/mol. The van der Waals surface area contributed by atoms with E-state index < -0.39 is 11.9 Å². The predicted octanol–water partition coefficient (Wildman–Crippen LogP) is 2.57. The summed E-state index contributed by atoms with van der Waals surface area (Å²) in [6.07, 6.45) is 0. The van der Waals surface area contributed by atoms with Crippen molar-refractivity contribution in [3.63, 3.8) is 0 Å². The number of hydrogen-bond acceptors (Lipinski definition) is 3. The Morgan fingerprint density at radius 2 is 2.05 bits per heavy atom. The SMILES string of the molecule is Cc1ccc(C)c(SCC(=O)N2CC(C)C(C(=O)O)C2)c1. The molecule has 1 aromatic rings. The highest BCUT2D eigenvalue weighted by atomic mass is 32.2. The fourth-order valence-corrected chi connectivity index (χ4v) is 3.61. The molecule has 5 heteroatoms. The average Bonchev–Trinajstić information content (AvgIpc) is 2.82. The third-order valence-corrected chi connectivity index (χ3v) is 5.12. The zero-order chi connectivity index (χ0) is 15.6. The van der Waals surface area contributed by atoms with E-state index >= 15 is 0 Å². The molecule has 1 fully saturated rings. The summed E-state index contributed by atoms with van der Waals surface area (Å²) in [6, 6.07) is 6.20. The van der Waals surface area contributed by atoms with Crippen LogP contribution in [0.5, 0.6) is 0 Å². The van der Waals surface area contributed by atoms with E-state index in [4.69, 9.17) is 5.11 Å². The van der Waals surface area contributed by atoms with Crippen LogP contribution in [-0.4, -0.2) is 40.7 Å². The number of benzene rings is 1. The monoisotopic (exact) mass is 307 g/mol. The zero-order valence-corrected chi connectivity index (χ0v) is 13.4. The van der Waals surface area contributed by atoms with E-state index in [-0.39, 0.29) is 11.8 Å². The Balaban J connectivity index is 1.94. The fourth-order valence-electron chi connectivity index (χ4n) is 2.59. The Morgan fingerprint density at radius 1 is 1.33 bits per heavy atom. The lowest BCUT2D eigenvalue weighted by Crippen LogP contribution is -2.31. The molecule has 1 aliphatic rings. The molecule has 0 aliphatic carbocycles. The maximum Gasteiger partial charge on any atom is 0.308 e. The van der Waals surface area contributed by atoms with E-state index in [2.05, 4.69) is 18.2 Å². The fraction of sp³-hybridized carbons (Fsp3) is 0.500. The maximum absolute atomic E-state index is 12.2. The molecule has 1 N–H and O–H groups in total. The van der Waals surface area contributed by atoms with Crippen LogP contribution in [0.1, 0.15) is 18.1 Å². The van der Waals surface area contributed by atoms with Crippen LogP contribution >= 0.6 is 11.8 Å². The van der Waals surface area contributed by atoms with Crippen LogP contribution < -0.4 is 0 Å². The van der Waals surface area contributed by atoms with Gasteiger partial charge in [-0.3, -0.25) is 9.59 Å². The van der Waals surface area contributed by atoms with Crippen LogP contribution in [0, 0.1) is 25.7 Å². The molecule has 2 unspecified atom stereocenters. The molecule has 0 radical (unpaired) electrons. The van der Waals surface area contributed by atoms with Crippen molar-refractivity contribution in [2.45, 2.75) is 25.7 Å². The second kappa shape index (κ2) is 6.52. The number of carbonyl (C=O) groups is 2. The van der Waals surface area contributed by atoms with E-state index in [0.29, 0.717) is 18.8 Å². The third-order valence-electron chi connectivity index (χ3n) is 3.98. The minimum absolute atomic E-state index is 0.0245. The van der Waals surface area contributed by atoms with Gasteiger partial charge < -0.3 is 10.0 Å². The number of thioether (sulfide) groups is 1. The van der Waals surface area contributed by atoms with Crippen molar-refractivity contribution >= 4 is 23.6 Å². The van der Waals surface area contributed by atoms with Crippen LogP contribution in [0.3, 0.4) is 0 Å². The Kier molecular flexibility index (Phi) is 4.93. The molecule has 114 valence electrons. The van der Waals surface area contributed by atoms with Gasteiger partial charge in [-0.05, 0) is 31.4 Å². The molecule has 0 saturated carbocycles. The molecule has 2 rings (SSSR count). The van der Waals surface area contributed by atoms with Crippen molar-refractivity contribution in [3.05, 3.63) is 29.3 Å². The van der Waals surface area contributed by atoms with E-state index in [1.165, 1.54) is 17.3 Å². The van der Waals surface area contributed by atoms with Gasteiger partial charge in [0, 0.05) is 18.0 Å². The van der Waals surface area contributed by atoms with Crippen molar-refractivity contribution in [1.29, 1.82) is 0 Å². The van der Waals surface area contributed by atoms with Gasteiger partial charge in [-0.2, -0.15) is 0 Å². The van der Waals surface area contributed by atoms with Crippen molar-refractivity contribution in [2.75, 3.05) is 18.8 Å². The highest BCUT2D eigenvalue weighted by Gasteiger charge is 2.36. The third kappa shape index (κ3) is 3.79. The van der Waals surface area contributed by atoms with Crippen molar-refractivity contribution in [3.8, 4) is 0 Å². The van der Waals surface area contributed by atoms with Crippen LogP contribution in [0.2, 0.25) is 0 Å². The molecular formula is C16H21NO3S. The summed E-state index contributed by atoms with van der Waals surface area (Å²) in [5.41, 5.74) is 2.34. The molecule has 0 aromatic heterocycles. The number of likely N-dealkylation sites (tertiary alicyclic amines) is 1. The topological polar surface area (TPSA) is 57.6 Å². The number of aliphatic carboxylic acids is 1. The Bertz CT molecular complexity index is 558. The lowest BCUT2D eigenvalue weighted by Gasteiger charge is -2.16. The lowest BCUT2D eigenvalue weighted by atomic mass is 9.99. The van der Waals surface area contributed by atoms with Gasteiger partial charge in [-0.25, -0.2) is 0 Å². The zero-order valence-electron chi connectivity index (χ0n) is 12.6. The van der Waals surface area contributed by atoms with Crippen LogP contribution in [0.15, 0.2) is 23.1 Å². The highest BCUT2D eigenvalue weighted by Crippen LogP contribution is 2.27. The van der Waals surface area contributed by atoms with E-state index in [0.717, 1.165) is 10.5 Å². The minimum Gasteiger partial charge on any atom is -0.481 e. The van der Waals surface area contributed by atoms with E-state index in [1.807, 2.05) is 20.8 Å². The molecule has 1 saturated heterocycles. The van der Waals surface area contributed by atoms with E-state index in [9.17, 15) is 9.59 Å². The molecule has 0 bridgehead atoms. The predicted molar refractivity (Wildman–Crippen MR) is 83.5 cm³/mol. The Morgan fingerprint density at radius 3 is 2.67 bits per heavy atom. The summed E-state index contributed by atoms with van der Waals surface area (Å²) in [4.78, 5) is 26.1. The van der Waals surface area contributed by atoms with Crippen LogP contribution in [-0.2, 0) is 9.59 Å². The number of aryl methyl sites for hydroxylation is 2. The second-order valence-corrected chi connectivity index (χ2v) is 6.80. The van der Waals surface area contributed by atoms with Gasteiger partial charge in [-0.15, -0.1) is 11.8 Å². The number of amides is 1. The molecule has 1 amide bonds. The van der Waals surface area contributed by atoms with Gasteiger partial charge in [0.05, 0.1) is 11.7 Å². The second-order valence-electron chi connectivity index (χ2n) is 5.78. The summed E-state index contributed by atoms with van der Waals surface area (Å²) in [7, 11) is 0. The van der Waals surface area contributed by atoms with Crippen molar-refractivity contribution in [1.82, 2.24) is 4.90 Å². The molecule has 0 spiro atoms. The molecule has 2 atom stereocenters. The van der Waals surface area contributed by atoms with Gasteiger partial charge in [0.25, 0.3) is 0 Å². The Labute approximate surface area is 129 Å². The highest BCUT2D eigenvalue weighted by molar-refractivity contribution is 8.00. The summed E-state index contributed by atoms with van der Waals surface area (Å²) >= 11 is 1.53. The first-order valence-electron chi connectivity index (χ1n) is 7.09. The average molecular weight is 307 g/mol. The smallest absolute Gasteiger partial charge is 0.308 e. The number of carboxylic acids is 1. The normalized spacial score (nSPS) is 21.6. The van der Waals surface area contributed by atoms with Gasteiger partial charge in [0.2, 0.25) is 5.91 Å². The van der Waals surface area contributed by atoms with Crippen molar-refractivity contribution < 1.29 is 14.7 Å². The Hall–Kier alpha value is -1.49. The summed E-state index contributed by atoms with van der Waals surface area (Å²) in [6.45, 7) is 6.84. The first-order valence-corrected chi connectivity index (χ1v) is 8.07. The number of hydrogen-bond donors (Lipinski definition) is 1. The standard InChI is InChI=1S/C16H21NO3S/c1-10-4-5-11(2)14(6-10)21-9-15(18)17-7-12(3)13(8-17)16(19)20/h4-6,12-13H,7-9H2,1-3H3,(H,19,20). The van der Waals surface area contributed by atoms with Gasteiger partial charge >= 0.3 is 5.97 Å². The summed E-state index contributed by atoms with van der Waals surface area (Å²) in [5.74, 6) is -0.822. The van der Waals surface area contributed by atoms with E-state index in [1.54, 1.807) is 4.90 Å². The summed E-state index contributed by atoms with van der Waals surface area (Å²) < 4.78 is 0. The molecule has 4 nitrogen and oxygen atoms in total. The number of carbonyl (C=O) groups excluding carboxylic acids is 1. The first-order chi connectivity index (χ1) is 9.88. The maximum atomic E-state index is 12.2. The lowest BCUT2D eigenvalue weighted by molar-refractivity contribution is -0.142. The van der Waals surface area contributed by atoms with Gasteiger partial charge in [0.1, 0.15) is 0 Å². The van der Waals surface area contributed by atoms with Gasteiger partial charge in [-0.1, -0.05) is 24.6 Å². The first kappa shape index (κ1) is 15.9. The molecule has 1 aromatic carbocycles. The molecule has 1 aliphatic heterocycles. The van der Waals surface area contributed by atoms with Crippen LogP contribution in [0.25, 0.3) is 0 Å². The quantitative estimate of drug-likeness (QED) is 0.869. The van der Waals surface area contributed by atoms with Crippen molar-refractivity contribution in [2.24, 2.45) is 11.8 Å². The number of rotatable bonds is 4. The molecule has 21 heavy (non-hydrogen) atoms. The molecule has 1 heterocycles. The largest absolute Gasteiger partial charge is 0.481 e. The van der Waals surface area contributed by atoms with Crippen LogP contribution in [0.4, 0.5) is 0 Å².